The van der Waals surface area contributed by atoms with Crippen LogP contribution < -0.4 is 5.32 Å². The summed E-state index contributed by atoms with van der Waals surface area (Å²) in [6.07, 6.45) is 5.73. The molecule has 2 aliphatic rings. The van der Waals surface area contributed by atoms with E-state index in [9.17, 15) is 0 Å². The Morgan fingerprint density at radius 2 is 1.65 bits per heavy atom. The molecule has 1 heterocycles. The van der Waals surface area contributed by atoms with Gasteiger partial charge in [-0.2, -0.15) is 0 Å². The molecule has 20 heavy (non-hydrogen) atoms. The molecule has 0 bridgehead atoms. The zero-order valence-electron chi connectivity index (χ0n) is 11.8. The third-order valence-electron chi connectivity index (χ3n) is 3.43. The van der Waals surface area contributed by atoms with Crippen LogP contribution in [-0.2, 0) is 19.1 Å². The van der Waals surface area contributed by atoms with Gasteiger partial charge in [-0.3, -0.25) is 0 Å². The molecule has 2 rings (SSSR count). The quantitative estimate of drug-likeness (QED) is 0.661. The molecule has 0 unspecified atom stereocenters. The summed E-state index contributed by atoms with van der Waals surface area (Å²) >= 11 is 0. The van der Waals surface area contributed by atoms with Crippen LogP contribution in [0.25, 0.3) is 0 Å². The maximum atomic E-state index is 9.10. The Labute approximate surface area is 118 Å². The molecule has 0 aromatic rings. The smallest absolute Gasteiger partial charge is 0.414 e. The standard InChI is InChI=1S/C11H21NO2.C2H2O4/c1-2-7-12-10-3-5-11(6-4-10)13-8-9-14-11;3-1(4)2(5)6/h10,12H,2-9H2,1H3;(H,3,4)(H,5,6). The van der Waals surface area contributed by atoms with E-state index in [-0.39, 0.29) is 5.79 Å². The third kappa shape index (κ3) is 5.44. The van der Waals surface area contributed by atoms with E-state index in [1.165, 1.54) is 19.3 Å². The van der Waals surface area contributed by atoms with Gasteiger partial charge in [-0.1, -0.05) is 6.92 Å². The number of nitrogens with one attached hydrogen (secondary N) is 1. The highest BCUT2D eigenvalue weighted by Gasteiger charge is 2.39. The molecule has 7 heteroatoms. The van der Waals surface area contributed by atoms with Crippen molar-refractivity contribution in [3.8, 4) is 0 Å². The van der Waals surface area contributed by atoms with Gasteiger partial charge >= 0.3 is 11.9 Å². The number of ether oxygens (including phenoxy) is 2. The Balaban J connectivity index is 0.000000286. The van der Waals surface area contributed by atoms with Crippen molar-refractivity contribution in [3.63, 3.8) is 0 Å². The lowest BCUT2D eigenvalue weighted by molar-refractivity contribution is -0.179. The minimum Gasteiger partial charge on any atom is -0.473 e. The van der Waals surface area contributed by atoms with Crippen LogP contribution in [0.2, 0.25) is 0 Å². The SMILES string of the molecule is CCCNC1CCC2(CC1)OCCO2.O=C(O)C(=O)O. The van der Waals surface area contributed by atoms with Gasteiger partial charge in [-0.05, 0) is 25.8 Å². The molecule has 0 aromatic heterocycles. The van der Waals surface area contributed by atoms with Crippen LogP contribution in [0.4, 0.5) is 0 Å². The Hall–Kier alpha value is -1.18. The fraction of sp³-hybridized carbons (Fsp3) is 0.846. The van der Waals surface area contributed by atoms with Gasteiger partial charge in [-0.25, -0.2) is 9.59 Å². The predicted octanol–water partition coefficient (Wildman–Crippen LogP) is 0.827. The average molecular weight is 289 g/mol. The molecule has 0 atom stereocenters. The van der Waals surface area contributed by atoms with Crippen molar-refractivity contribution in [2.45, 2.75) is 50.9 Å². The number of carboxylic acids is 2. The zero-order chi connectivity index (χ0) is 15.0. The van der Waals surface area contributed by atoms with Gasteiger partial charge in [0, 0.05) is 18.9 Å². The first-order valence-electron chi connectivity index (χ1n) is 6.96. The van der Waals surface area contributed by atoms with Gasteiger partial charge in [0.2, 0.25) is 0 Å². The van der Waals surface area contributed by atoms with Crippen molar-refractivity contribution in [2.24, 2.45) is 0 Å². The topological polar surface area (TPSA) is 105 Å². The number of rotatable bonds is 3. The summed E-state index contributed by atoms with van der Waals surface area (Å²) in [7, 11) is 0. The van der Waals surface area contributed by atoms with Crippen LogP contribution in [-0.4, -0.2) is 53.7 Å². The van der Waals surface area contributed by atoms with Gasteiger partial charge < -0.3 is 25.0 Å². The predicted molar refractivity (Wildman–Crippen MR) is 70.5 cm³/mol. The molecular weight excluding hydrogens is 266 g/mol. The van der Waals surface area contributed by atoms with Crippen LogP contribution in [0.15, 0.2) is 0 Å². The molecule has 2 fully saturated rings. The van der Waals surface area contributed by atoms with E-state index in [1.807, 2.05) is 0 Å². The number of aliphatic carboxylic acids is 2. The van der Waals surface area contributed by atoms with Crippen LogP contribution in [0.1, 0.15) is 39.0 Å². The summed E-state index contributed by atoms with van der Waals surface area (Å²) in [5.41, 5.74) is 0. The normalized spacial score (nSPS) is 21.2. The number of hydrogen-bond acceptors (Lipinski definition) is 5. The van der Waals surface area contributed by atoms with Crippen molar-refractivity contribution in [2.75, 3.05) is 19.8 Å². The maximum absolute atomic E-state index is 9.10. The Bertz CT molecular complexity index is 305. The summed E-state index contributed by atoms with van der Waals surface area (Å²) in [5.74, 6) is -3.84. The van der Waals surface area contributed by atoms with E-state index in [0.717, 1.165) is 32.6 Å². The average Bonchev–Trinajstić information content (AvgIpc) is 2.87. The second-order valence-corrected chi connectivity index (χ2v) is 4.95. The summed E-state index contributed by atoms with van der Waals surface area (Å²) in [6, 6.07) is 0.688. The number of carboxylic acid groups (broad SMARTS) is 2. The van der Waals surface area contributed by atoms with E-state index in [2.05, 4.69) is 12.2 Å². The largest absolute Gasteiger partial charge is 0.473 e. The van der Waals surface area contributed by atoms with Crippen molar-refractivity contribution in [1.82, 2.24) is 5.32 Å². The van der Waals surface area contributed by atoms with Gasteiger partial charge in [0.05, 0.1) is 13.2 Å². The molecule has 116 valence electrons. The van der Waals surface area contributed by atoms with Crippen molar-refractivity contribution in [1.29, 1.82) is 0 Å². The Morgan fingerprint density at radius 1 is 1.15 bits per heavy atom. The Kier molecular flexibility index (Phi) is 6.90. The van der Waals surface area contributed by atoms with Crippen LogP contribution >= 0.6 is 0 Å². The van der Waals surface area contributed by atoms with Crippen LogP contribution in [0.3, 0.4) is 0 Å². The number of hydrogen-bond donors (Lipinski definition) is 3. The first-order valence-corrected chi connectivity index (χ1v) is 6.96. The molecule has 0 radical (unpaired) electrons. The molecule has 1 saturated carbocycles. The van der Waals surface area contributed by atoms with Crippen LogP contribution in [0, 0.1) is 0 Å². The van der Waals surface area contributed by atoms with Gasteiger partial charge in [0.25, 0.3) is 0 Å². The van der Waals surface area contributed by atoms with E-state index < -0.39 is 11.9 Å². The fourth-order valence-corrected chi connectivity index (χ4v) is 2.40. The zero-order valence-corrected chi connectivity index (χ0v) is 11.8. The fourth-order valence-electron chi connectivity index (χ4n) is 2.40. The molecule has 7 nitrogen and oxygen atoms in total. The summed E-state index contributed by atoms with van der Waals surface area (Å²) < 4.78 is 11.4. The molecule has 1 spiro atoms. The summed E-state index contributed by atoms with van der Waals surface area (Å²) in [6.45, 7) is 4.92. The minimum absolute atomic E-state index is 0.190. The Morgan fingerprint density at radius 3 is 2.05 bits per heavy atom. The van der Waals surface area contributed by atoms with Gasteiger partial charge in [-0.15, -0.1) is 0 Å². The molecule has 0 amide bonds. The monoisotopic (exact) mass is 289 g/mol. The lowest BCUT2D eigenvalue weighted by Crippen LogP contribution is -2.42. The molecular formula is C13H23NO6. The van der Waals surface area contributed by atoms with Gasteiger partial charge in [0.15, 0.2) is 5.79 Å². The maximum Gasteiger partial charge on any atom is 0.414 e. The van der Waals surface area contributed by atoms with E-state index in [4.69, 9.17) is 29.3 Å². The second-order valence-electron chi connectivity index (χ2n) is 4.95. The van der Waals surface area contributed by atoms with E-state index in [1.54, 1.807) is 0 Å². The van der Waals surface area contributed by atoms with Gasteiger partial charge in [0.1, 0.15) is 0 Å². The van der Waals surface area contributed by atoms with Crippen molar-refractivity contribution >= 4 is 11.9 Å². The highest BCUT2D eigenvalue weighted by molar-refractivity contribution is 6.27. The first kappa shape index (κ1) is 16.9. The lowest BCUT2D eigenvalue weighted by Gasteiger charge is -2.35. The number of carbonyl (C=O) groups is 2. The third-order valence-corrected chi connectivity index (χ3v) is 3.43. The highest BCUT2D eigenvalue weighted by atomic mass is 16.7. The molecule has 3 N–H and O–H groups in total. The highest BCUT2D eigenvalue weighted by Crippen LogP contribution is 2.35. The summed E-state index contributed by atoms with van der Waals surface area (Å²) in [4.78, 5) is 18.2. The van der Waals surface area contributed by atoms with E-state index >= 15 is 0 Å². The second kappa shape index (κ2) is 8.18. The molecule has 1 aliphatic heterocycles. The van der Waals surface area contributed by atoms with Crippen molar-refractivity contribution in [3.05, 3.63) is 0 Å². The minimum atomic E-state index is -1.82. The molecule has 1 aliphatic carbocycles. The lowest BCUT2D eigenvalue weighted by atomic mass is 9.90. The first-order chi connectivity index (χ1) is 9.49. The summed E-state index contributed by atoms with van der Waals surface area (Å²) in [5, 5.41) is 18.3. The van der Waals surface area contributed by atoms with Crippen molar-refractivity contribution < 1.29 is 29.3 Å². The molecule has 0 aromatic carbocycles. The van der Waals surface area contributed by atoms with E-state index in [0.29, 0.717) is 6.04 Å². The molecule has 1 saturated heterocycles. The van der Waals surface area contributed by atoms with Crippen LogP contribution in [0.5, 0.6) is 0 Å².